The Kier molecular flexibility index (Phi) is 4.77. The van der Waals surface area contributed by atoms with Gasteiger partial charge in [0.15, 0.2) is 4.67 Å². The average molecular weight is 396 g/mol. The van der Waals surface area contributed by atoms with E-state index >= 15 is 0 Å². The fourth-order valence-electron chi connectivity index (χ4n) is 1.45. The summed E-state index contributed by atoms with van der Waals surface area (Å²) in [5, 5.41) is 11.7. The van der Waals surface area contributed by atoms with Gasteiger partial charge >= 0.3 is 0 Å². The van der Waals surface area contributed by atoms with Crippen LogP contribution in [0.5, 0.6) is 0 Å². The lowest BCUT2D eigenvalue weighted by atomic mass is 10.2. The van der Waals surface area contributed by atoms with Crippen LogP contribution in [0.25, 0.3) is 6.08 Å². The van der Waals surface area contributed by atoms with Crippen molar-refractivity contribution < 1.29 is 9.21 Å². The van der Waals surface area contributed by atoms with Crippen molar-refractivity contribution in [2.24, 2.45) is 0 Å². The number of para-hydroxylation sites is 1. The first-order chi connectivity index (χ1) is 9.60. The second-order valence-corrected chi connectivity index (χ2v) is 5.33. The van der Waals surface area contributed by atoms with Gasteiger partial charge in [0.1, 0.15) is 17.4 Å². The van der Waals surface area contributed by atoms with Crippen LogP contribution in [0.4, 0.5) is 5.69 Å². The van der Waals surface area contributed by atoms with Crippen molar-refractivity contribution in [3.8, 4) is 6.07 Å². The molecular formula is C14H8Br2N2O2. The maximum atomic E-state index is 12.0. The Bertz CT molecular complexity index is 680. The molecule has 1 aromatic carbocycles. The highest BCUT2D eigenvalue weighted by molar-refractivity contribution is 9.13. The Hall–Kier alpha value is -1.84. The van der Waals surface area contributed by atoms with E-state index in [9.17, 15) is 4.79 Å². The lowest BCUT2D eigenvalue weighted by molar-refractivity contribution is -0.112. The zero-order chi connectivity index (χ0) is 14.5. The second kappa shape index (κ2) is 6.55. The number of amides is 1. The monoisotopic (exact) mass is 394 g/mol. The SMILES string of the molecule is N#C/C(=C/c1cc(Br)c(Br)o1)C(=O)Nc1ccccc1. The molecule has 1 N–H and O–H groups in total. The topological polar surface area (TPSA) is 66.0 Å². The van der Waals surface area contributed by atoms with Crippen LogP contribution >= 0.6 is 31.9 Å². The standard InChI is InChI=1S/C14H8Br2N2O2/c15-12-7-11(20-13(12)16)6-9(8-17)14(19)18-10-4-2-1-3-5-10/h1-7H,(H,18,19)/b9-6-. The number of rotatable bonds is 3. The van der Waals surface area contributed by atoms with Gasteiger partial charge in [-0.05, 0) is 50.1 Å². The van der Waals surface area contributed by atoms with Crippen molar-refractivity contribution >= 4 is 49.5 Å². The Balaban J connectivity index is 2.20. The number of hydrogen-bond donors (Lipinski definition) is 1. The zero-order valence-electron chi connectivity index (χ0n) is 10.1. The van der Waals surface area contributed by atoms with Gasteiger partial charge in [-0.1, -0.05) is 18.2 Å². The molecule has 0 saturated carbocycles. The summed E-state index contributed by atoms with van der Waals surface area (Å²) in [6, 6.07) is 12.4. The van der Waals surface area contributed by atoms with E-state index in [4.69, 9.17) is 9.68 Å². The molecule has 100 valence electrons. The van der Waals surface area contributed by atoms with E-state index in [2.05, 4.69) is 37.2 Å². The molecule has 2 rings (SSSR count). The van der Waals surface area contributed by atoms with Gasteiger partial charge in [-0.25, -0.2) is 0 Å². The number of nitrogens with zero attached hydrogens (tertiary/aromatic N) is 1. The molecule has 0 spiro atoms. The maximum Gasteiger partial charge on any atom is 0.266 e. The molecule has 1 amide bonds. The minimum atomic E-state index is -0.484. The number of hydrogen-bond acceptors (Lipinski definition) is 3. The van der Waals surface area contributed by atoms with Gasteiger partial charge < -0.3 is 9.73 Å². The van der Waals surface area contributed by atoms with Gasteiger partial charge in [0.05, 0.1) is 4.47 Å². The van der Waals surface area contributed by atoms with E-state index in [1.54, 1.807) is 30.3 Å². The molecule has 0 aliphatic carbocycles. The highest BCUT2D eigenvalue weighted by atomic mass is 79.9. The van der Waals surface area contributed by atoms with Gasteiger partial charge in [-0.2, -0.15) is 5.26 Å². The van der Waals surface area contributed by atoms with Crippen LogP contribution in [0, 0.1) is 11.3 Å². The van der Waals surface area contributed by atoms with Crippen LogP contribution in [-0.2, 0) is 4.79 Å². The molecule has 0 aliphatic heterocycles. The third-order valence-corrected chi connectivity index (χ3v) is 4.06. The number of carbonyl (C=O) groups is 1. The summed E-state index contributed by atoms with van der Waals surface area (Å²) < 4.78 is 6.53. The highest BCUT2D eigenvalue weighted by Crippen LogP contribution is 2.28. The number of furan rings is 1. The molecular weight excluding hydrogens is 388 g/mol. The lowest BCUT2D eigenvalue weighted by Gasteiger charge is -2.02. The molecule has 4 nitrogen and oxygen atoms in total. The minimum absolute atomic E-state index is 0.0393. The number of benzene rings is 1. The van der Waals surface area contributed by atoms with E-state index < -0.39 is 5.91 Å². The number of carbonyl (C=O) groups excluding carboxylic acids is 1. The van der Waals surface area contributed by atoms with Crippen LogP contribution in [-0.4, -0.2) is 5.91 Å². The van der Waals surface area contributed by atoms with Crippen LogP contribution < -0.4 is 5.32 Å². The van der Waals surface area contributed by atoms with Gasteiger partial charge in [0, 0.05) is 11.8 Å². The summed E-state index contributed by atoms with van der Waals surface area (Å²) in [5.74, 6) is -0.0779. The molecule has 1 heterocycles. The molecule has 0 unspecified atom stereocenters. The quantitative estimate of drug-likeness (QED) is 0.620. The molecule has 0 aliphatic rings. The third-order valence-electron chi connectivity index (χ3n) is 2.35. The predicted molar refractivity (Wildman–Crippen MR) is 82.8 cm³/mol. The summed E-state index contributed by atoms with van der Waals surface area (Å²) in [6.07, 6.45) is 1.38. The van der Waals surface area contributed by atoms with Gasteiger partial charge in [0.2, 0.25) is 0 Å². The number of nitrogens with one attached hydrogen (secondary N) is 1. The van der Waals surface area contributed by atoms with Gasteiger partial charge in [-0.15, -0.1) is 0 Å². The van der Waals surface area contributed by atoms with Crippen molar-refractivity contribution in [2.45, 2.75) is 0 Å². The minimum Gasteiger partial charge on any atom is -0.449 e. The second-order valence-electron chi connectivity index (χ2n) is 3.76. The molecule has 20 heavy (non-hydrogen) atoms. The van der Waals surface area contributed by atoms with Crippen molar-refractivity contribution in [3.05, 3.63) is 56.9 Å². The number of halogens is 2. The molecule has 6 heteroatoms. The Morgan fingerprint density at radius 1 is 1.30 bits per heavy atom. The van der Waals surface area contributed by atoms with Crippen LogP contribution in [0.15, 0.2) is 55.5 Å². The van der Waals surface area contributed by atoms with E-state index in [-0.39, 0.29) is 5.57 Å². The van der Waals surface area contributed by atoms with E-state index in [1.807, 2.05) is 12.1 Å². The first-order valence-corrected chi connectivity index (χ1v) is 7.12. The van der Waals surface area contributed by atoms with Crippen molar-refractivity contribution in [3.63, 3.8) is 0 Å². The molecule has 0 radical (unpaired) electrons. The van der Waals surface area contributed by atoms with Gasteiger partial charge in [0.25, 0.3) is 5.91 Å². The van der Waals surface area contributed by atoms with E-state index in [1.165, 1.54) is 6.08 Å². The van der Waals surface area contributed by atoms with Crippen molar-refractivity contribution in [2.75, 3.05) is 5.32 Å². The first kappa shape index (κ1) is 14.6. The summed E-state index contributed by atoms with van der Waals surface area (Å²) in [6.45, 7) is 0. The van der Waals surface area contributed by atoms with Crippen molar-refractivity contribution in [1.82, 2.24) is 0 Å². The molecule has 0 saturated heterocycles. The van der Waals surface area contributed by atoms with Crippen LogP contribution in [0.3, 0.4) is 0 Å². The zero-order valence-corrected chi connectivity index (χ0v) is 13.2. The Morgan fingerprint density at radius 2 is 2.00 bits per heavy atom. The predicted octanol–water partition coefficient (Wildman–Crippen LogP) is 4.35. The molecule has 0 fully saturated rings. The van der Waals surface area contributed by atoms with E-state index in [0.29, 0.717) is 20.6 Å². The number of nitriles is 1. The van der Waals surface area contributed by atoms with Crippen LogP contribution in [0.2, 0.25) is 0 Å². The fourth-order valence-corrected chi connectivity index (χ4v) is 2.05. The summed E-state index contributed by atoms with van der Waals surface area (Å²) in [7, 11) is 0. The largest absolute Gasteiger partial charge is 0.449 e. The highest BCUT2D eigenvalue weighted by Gasteiger charge is 2.12. The first-order valence-electron chi connectivity index (χ1n) is 5.53. The normalized spacial score (nSPS) is 10.9. The molecule has 0 bridgehead atoms. The third kappa shape index (κ3) is 3.59. The Labute approximate surface area is 132 Å². The smallest absolute Gasteiger partial charge is 0.266 e. The number of anilines is 1. The van der Waals surface area contributed by atoms with E-state index in [0.717, 1.165) is 0 Å². The fraction of sp³-hybridized carbons (Fsp3) is 0. The van der Waals surface area contributed by atoms with Crippen LogP contribution in [0.1, 0.15) is 5.76 Å². The summed E-state index contributed by atoms with van der Waals surface area (Å²) >= 11 is 6.46. The summed E-state index contributed by atoms with van der Waals surface area (Å²) in [4.78, 5) is 12.0. The lowest BCUT2D eigenvalue weighted by Crippen LogP contribution is -2.13. The average Bonchev–Trinajstić information content (AvgIpc) is 2.76. The summed E-state index contributed by atoms with van der Waals surface area (Å²) in [5.41, 5.74) is 0.586. The van der Waals surface area contributed by atoms with Gasteiger partial charge in [-0.3, -0.25) is 4.79 Å². The maximum absolute atomic E-state index is 12.0. The van der Waals surface area contributed by atoms with Crippen molar-refractivity contribution in [1.29, 1.82) is 5.26 Å². The molecule has 2 aromatic rings. The Morgan fingerprint density at radius 3 is 2.55 bits per heavy atom. The molecule has 1 aromatic heterocycles. The molecule has 0 atom stereocenters.